The lowest BCUT2D eigenvalue weighted by atomic mass is 9.94. The fourth-order valence-electron chi connectivity index (χ4n) is 2.27. The van der Waals surface area contributed by atoms with Crippen LogP contribution in [0.1, 0.15) is 31.7 Å². The van der Waals surface area contributed by atoms with Crippen molar-refractivity contribution in [3.05, 3.63) is 30.3 Å². The van der Waals surface area contributed by atoms with Crippen molar-refractivity contribution < 1.29 is 4.52 Å². The molecule has 94 valence electrons. The first kappa shape index (κ1) is 11.3. The molecule has 3 rings (SSSR count). The summed E-state index contributed by atoms with van der Waals surface area (Å²) in [5, 5.41) is 7.41. The van der Waals surface area contributed by atoms with Crippen LogP contribution in [-0.4, -0.2) is 21.7 Å². The molecule has 0 aromatic carbocycles. The second kappa shape index (κ2) is 4.86. The maximum Gasteiger partial charge on any atom is 0.244 e. The van der Waals surface area contributed by atoms with Gasteiger partial charge in [0.05, 0.1) is 6.04 Å². The molecule has 0 amide bonds. The van der Waals surface area contributed by atoms with Crippen LogP contribution in [0, 0.1) is 5.92 Å². The number of nitrogens with one attached hydrogen (secondary N) is 1. The van der Waals surface area contributed by atoms with Gasteiger partial charge in [0.2, 0.25) is 11.7 Å². The molecule has 5 heteroatoms. The van der Waals surface area contributed by atoms with Gasteiger partial charge in [0.1, 0.15) is 5.69 Å². The normalized spacial score (nSPS) is 24.1. The third kappa shape index (κ3) is 2.26. The summed E-state index contributed by atoms with van der Waals surface area (Å²) in [5.74, 6) is 1.93. The quantitative estimate of drug-likeness (QED) is 0.877. The van der Waals surface area contributed by atoms with E-state index < -0.39 is 0 Å². The summed E-state index contributed by atoms with van der Waals surface area (Å²) < 4.78 is 5.34. The minimum atomic E-state index is 0.179. The molecule has 2 aromatic rings. The highest BCUT2D eigenvalue weighted by Gasteiger charge is 2.25. The first-order chi connectivity index (χ1) is 8.83. The molecule has 0 radical (unpaired) electrons. The minimum Gasteiger partial charge on any atom is -0.337 e. The monoisotopic (exact) mass is 244 g/mol. The summed E-state index contributed by atoms with van der Waals surface area (Å²) in [6, 6.07) is 5.85. The van der Waals surface area contributed by atoms with Gasteiger partial charge in [0.25, 0.3) is 0 Å². The van der Waals surface area contributed by atoms with Gasteiger partial charge in [-0.25, -0.2) is 0 Å². The average Bonchev–Trinajstić information content (AvgIpc) is 2.89. The minimum absolute atomic E-state index is 0.179. The van der Waals surface area contributed by atoms with Gasteiger partial charge in [-0.2, -0.15) is 4.98 Å². The van der Waals surface area contributed by atoms with Crippen LogP contribution in [0.25, 0.3) is 11.5 Å². The molecule has 5 nitrogen and oxygen atoms in total. The second-order valence-electron chi connectivity index (χ2n) is 4.81. The van der Waals surface area contributed by atoms with E-state index in [1.807, 2.05) is 18.2 Å². The Morgan fingerprint density at radius 2 is 2.33 bits per heavy atom. The number of pyridine rings is 1. The van der Waals surface area contributed by atoms with Gasteiger partial charge in [0.15, 0.2) is 0 Å². The summed E-state index contributed by atoms with van der Waals surface area (Å²) in [6.07, 6.45) is 3.98. The van der Waals surface area contributed by atoms with Gasteiger partial charge in [-0.15, -0.1) is 0 Å². The molecule has 0 bridgehead atoms. The van der Waals surface area contributed by atoms with Gasteiger partial charge in [-0.05, 0) is 37.4 Å². The van der Waals surface area contributed by atoms with E-state index in [9.17, 15) is 0 Å². The number of nitrogens with zero attached hydrogens (tertiary/aromatic N) is 3. The van der Waals surface area contributed by atoms with Crippen molar-refractivity contribution in [3.63, 3.8) is 0 Å². The molecule has 1 N–H and O–H groups in total. The maximum atomic E-state index is 5.34. The molecule has 1 saturated heterocycles. The number of hydrogen-bond donors (Lipinski definition) is 1. The van der Waals surface area contributed by atoms with Crippen LogP contribution in [0.4, 0.5) is 0 Å². The highest BCUT2D eigenvalue weighted by atomic mass is 16.5. The SMILES string of the molecule is CC1CCNC(c2nc(-c3ccccn3)no2)C1. The van der Waals surface area contributed by atoms with Gasteiger partial charge in [0, 0.05) is 6.20 Å². The predicted octanol–water partition coefficient (Wildman–Crippen LogP) is 2.19. The van der Waals surface area contributed by atoms with Crippen molar-refractivity contribution in [3.8, 4) is 11.5 Å². The van der Waals surface area contributed by atoms with Crippen molar-refractivity contribution in [2.75, 3.05) is 6.54 Å². The first-order valence-electron chi connectivity index (χ1n) is 6.31. The third-order valence-electron chi connectivity index (χ3n) is 3.30. The second-order valence-corrected chi connectivity index (χ2v) is 4.81. The summed E-state index contributed by atoms with van der Waals surface area (Å²) in [5.41, 5.74) is 0.747. The molecule has 2 aromatic heterocycles. The molecule has 0 spiro atoms. The van der Waals surface area contributed by atoms with Crippen molar-refractivity contribution in [1.82, 2.24) is 20.4 Å². The van der Waals surface area contributed by atoms with E-state index in [4.69, 9.17) is 4.52 Å². The smallest absolute Gasteiger partial charge is 0.244 e. The van der Waals surface area contributed by atoms with Gasteiger partial charge in [-0.3, -0.25) is 4.98 Å². The zero-order chi connectivity index (χ0) is 12.4. The van der Waals surface area contributed by atoms with Crippen LogP contribution in [0.5, 0.6) is 0 Å². The summed E-state index contributed by atoms with van der Waals surface area (Å²) >= 11 is 0. The largest absolute Gasteiger partial charge is 0.337 e. The molecular weight excluding hydrogens is 228 g/mol. The number of aromatic nitrogens is 3. The lowest BCUT2D eigenvalue weighted by Crippen LogP contribution is -2.30. The summed E-state index contributed by atoms with van der Waals surface area (Å²) in [4.78, 5) is 8.65. The predicted molar refractivity (Wildman–Crippen MR) is 66.7 cm³/mol. The summed E-state index contributed by atoms with van der Waals surface area (Å²) in [6.45, 7) is 3.26. The Morgan fingerprint density at radius 1 is 1.39 bits per heavy atom. The van der Waals surface area contributed by atoms with Crippen molar-refractivity contribution in [2.45, 2.75) is 25.8 Å². The lowest BCUT2D eigenvalue weighted by molar-refractivity contribution is 0.260. The van der Waals surface area contributed by atoms with E-state index in [0.717, 1.165) is 18.7 Å². The van der Waals surface area contributed by atoms with E-state index in [0.29, 0.717) is 17.6 Å². The van der Waals surface area contributed by atoms with Gasteiger partial charge < -0.3 is 9.84 Å². The molecule has 1 aliphatic heterocycles. The zero-order valence-corrected chi connectivity index (χ0v) is 10.3. The molecule has 0 saturated carbocycles. The van der Waals surface area contributed by atoms with E-state index in [1.54, 1.807) is 6.20 Å². The van der Waals surface area contributed by atoms with Crippen molar-refractivity contribution in [1.29, 1.82) is 0 Å². The van der Waals surface area contributed by atoms with Crippen LogP contribution in [-0.2, 0) is 0 Å². The van der Waals surface area contributed by atoms with E-state index in [1.165, 1.54) is 6.42 Å². The molecule has 3 heterocycles. The number of rotatable bonds is 2. The standard InChI is InChI=1S/C13H16N4O/c1-9-5-7-15-11(8-9)13-16-12(17-18-13)10-4-2-3-6-14-10/h2-4,6,9,11,15H,5,7-8H2,1H3. The van der Waals surface area contributed by atoms with E-state index >= 15 is 0 Å². The van der Waals surface area contributed by atoms with Crippen LogP contribution in [0.15, 0.2) is 28.9 Å². The molecule has 1 aliphatic rings. The van der Waals surface area contributed by atoms with Crippen LogP contribution in [0.2, 0.25) is 0 Å². The Kier molecular flexibility index (Phi) is 3.06. The Bertz CT molecular complexity index is 511. The topological polar surface area (TPSA) is 63.8 Å². The molecule has 1 fully saturated rings. The molecule has 2 unspecified atom stereocenters. The van der Waals surface area contributed by atoms with Crippen LogP contribution >= 0.6 is 0 Å². The number of piperidine rings is 1. The first-order valence-corrected chi connectivity index (χ1v) is 6.31. The van der Waals surface area contributed by atoms with Crippen LogP contribution in [0.3, 0.4) is 0 Å². The Morgan fingerprint density at radius 3 is 3.11 bits per heavy atom. The van der Waals surface area contributed by atoms with Gasteiger partial charge >= 0.3 is 0 Å². The maximum absolute atomic E-state index is 5.34. The highest BCUT2D eigenvalue weighted by Crippen LogP contribution is 2.26. The van der Waals surface area contributed by atoms with E-state index in [2.05, 4.69) is 27.4 Å². The highest BCUT2D eigenvalue weighted by molar-refractivity contribution is 5.47. The zero-order valence-electron chi connectivity index (χ0n) is 10.3. The molecule has 2 atom stereocenters. The molecule has 18 heavy (non-hydrogen) atoms. The lowest BCUT2D eigenvalue weighted by Gasteiger charge is -2.25. The van der Waals surface area contributed by atoms with Gasteiger partial charge in [-0.1, -0.05) is 18.1 Å². The Labute approximate surface area is 106 Å². The van der Waals surface area contributed by atoms with Crippen molar-refractivity contribution in [2.24, 2.45) is 5.92 Å². The third-order valence-corrected chi connectivity index (χ3v) is 3.30. The Hall–Kier alpha value is -1.75. The molecular formula is C13H16N4O. The Balaban J connectivity index is 1.81. The van der Waals surface area contributed by atoms with Crippen LogP contribution < -0.4 is 5.32 Å². The van der Waals surface area contributed by atoms with Crippen molar-refractivity contribution >= 4 is 0 Å². The number of hydrogen-bond acceptors (Lipinski definition) is 5. The summed E-state index contributed by atoms with van der Waals surface area (Å²) in [7, 11) is 0. The fraction of sp³-hybridized carbons (Fsp3) is 0.462. The fourth-order valence-corrected chi connectivity index (χ4v) is 2.27. The molecule has 0 aliphatic carbocycles. The average molecular weight is 244 g/mol. The van der Waals surface area contributed by atoms with E-state index in [-0.39, 0.29) is 6.04 Å².